The summed E-state index contributed by atoms with van der Waals surface area (Å²) < 4.78 is 7.00. The molecule has 108 valence electrons. The number of nitrogens with zero attached hydrogens (tertiary/aromatic N) is 2. The van der Waals surface area contributed by atoms with Crippen LogP contribution in [0, 0.1) is 6.92 Å². The topological polar surface area (TPSA) is 59.3 Å². The van der Waals surface area contributed by atoms with Crippen LogP contribution in [0.5, 0.6) is 5.75 Å². The Hall–Kier alpha value is -1.85. The average molecular weight is 275 g/mol. The van der Waals surface area contributed by atoms with Crippen LogP contribution in [-0.2, 0) is 13.6 Å². The third-order valence-corrected chi connectivity index (χ3v) is 3.47. The van der Waals surface area contributed by atoms with Crippen LogP contribution in [0.3, 0.4) is 0 Å². The average Bonchev–Trinajstić information content (AvgIpc) is 2.79. The Balaban J connectivity index is 1.88. The molecule has 2 N–H and O–H groups in total. The fourth-order valence-corrected chi connectivity index (χ4v) is 2.03. The normalized spacial score (nSPS) is 12.4. The van der Waals surface area contributed by atoms with E-state index in [1.807, 2.05) is 49.1 Å². The predicted octanol–water partition coefficient (Wildman–Crippen LogP) is 1.56. The summed E-state index contributed by atoms with van der Waals surface area (Å²) >= 11 is 0. The second-order valence-corrected chi connectivity index (χ2v) is 4.80. The lowest BCUT2D eigenvalue weighted by Crippen LogP contribution is -2.21. The third-order valence-electron chi connectivity index (χ3n) is 3.47. The molecule has 20 heavy (non-hydrogen) atoms. The summed E-state index contributed by atoms with van der Waals surface area (Å²) in [4.78, 5) is 0. The second kappa shape index (κ2) is 6.54. The van der Waals surface area contributed by atoms with E-state index in [0.29, 0.717) is 13.1 Å². The monoisotopic (exact) mass is 275 g/mol. The van der Waals surface area contributed by atoms with Gasteiger partial charge >= 0.3 is 0 Å². The van der Waals surface area contributed by atoms with Crippen molar-refractivity contribution in [1.29, 1.82) is 0 Å². The zero-order chi connectivity index (χ0) is 14.5. The number of nitrogens with one attached hydrogen (secondary N) is 1. The number of ether oxygens (including phenoxy) is 1. The largest absolute Gasteiger partial charge is 0.497 e. The van der Waals surface area contributed by atoms with E-state index < -0.39 is 6.10 Å². The van der Waals surface area contributed by atoms with E-state index in [1.54, 1.807) is 7.11 Å². The summed E-state index contributed by atoms with van der Waals surface area (Å²) in [6.07, 6.45) is 1.29. The van der Waals surface area contributed by atoms with Gasteiger partial charge in [0.1, 0.15) is 5.75 Å². The molecule has 5 nitrogen and oxygen atoms in total. The lowest BCUT2D eigenvalue weighted by atomic mass is 10.1. The molecule has 0 radical (unpaired) electrons. The number of methoxy groups -OCH3 is 1. The van der Waals surface area contributed by atoms with Crippen molar-refractivity contribution in [3.8, 4) is 5.75 Å². The summed E-state index contributed by atoms with van der Waals surface area (Å²) in [5, 5.41) is 17.6. The highest BCUT2D eigenvalue weighted by Gasteiger charge is 2.09. The van der Waals surface area contributed by atoms with E-state index in [-0.39, 0.29) is 0 Å². The van der Waals surface area contributed by atoms with E-state index >= 15 is 0 Å². The lowest BCUT2D eigenvalue weighted by Gasteiger charge is -2.13. The smallest absolute Gasteiger partial charge is 0.119 e. The van der Waals surface area contributed by atoms with E-state index in [0.717, 1.165) is 22.6 Å². The number of hydrogen-bond donors (Lipinski definition) is 2. The summed E-state index contributed by atoms with van der Waals surface area (Å²) in [6, 6.07) is 7.48. The summed E-state index contributed by atoms with van der Waals surface area (Å²) in [6.45, 7) is 3.21. The summed E-state index contributed by atoms with van der Waals surface area (Å²) in [5.41, 5.74) is 3.12. The molecule has 1 heterocycles. The molecule has 1 atom stereocenters. The lowest BCUT2D eigenvalue weighted by molar-refractivity contribution is 0.174. The van der Waals surface area contributed by atoms with Crippen LogP contribution in [0.15, 0.2) is 30.5 Å². The molecule has 0 aliphatic carbocycles. The van der Waals surface area contributed by atoms with Gasteiger partial charge < -0.3 is 15.2 Å². The number of benzene rings is 1. The van der Waals surface area contributed by atoms with Gasteiger partial charge in [0, 0.05) is 31.4 Å². The summed E-state index contributed by atoms with van der Waals surface area (Å²) in [5.74, 6) is 0.754. The van der Waals surface area contributed by atoms with Crippen molar-refractivity contribution in [1.82, 2.24) is 15.1 Å². The van der Waals surface area contributed by atoms with Crippen LogP contribution in [0.2, 0.25) is 0 Å². The zero-order valence-corrected chi connectivity index (χ0v) is 12.1. The molecule has 0 aliphatic heterocycles. The molecule has 0 spiro atoms. The molecule has 2 rings (SSSR count). The van der Waals surface area contributed by atoms with E-state index in [9.17, 15) is 5.11 Å². The molecule has 0 aliphatic rings. The maximum Gasteiger partial charge on any atom is 0.119 e. The highest BCUT2D eigenvalue weighted by Crippen LogP contribution is 2.18. The van der Waals surface area contributed by atoms with Crippen LogP contribution in [0.1, 0.15) is 22.9 Å². The quantitative estimate of drug-likeness (QED) is 0.840. The predicted molar refractivity (Wildman–Crippen MR) is 77.6 cm³/mol. The van der Waals surface area contributed by atoms with Crippen LogP contribution < -0.4 is 10.1 Å². The summed E-state index contributed by atoms with van der Waals surface area (Å²) in [7, 11) is 3.54. The van der Waals surface area contributed by atoms with Gasteiger partial charge in [-0.25, -0.2) is 0 Å². The van der Waals surface area contributed by atoms with Gasteiger partial charge in [0.15, 0.2) is 0 Å². The van der Waals surface area contributed by atoms with Gasteiger partial charge in [0.25, 0.3) is 0 Å². The minimum Gasteiger partial charge on any atom is -0.497 e. The van der Waals surface area contributed by atoms with Crippen molar-refractivity contribution in [2.24, 2.45) is 7.05 Å². The fourth-order valence-electron chi connectivity index (χ4n) is 2.03. The molecule has 1 aromatic carbocycles. The van der Waals surface area contributed by atoms with Crippen LogP contribution >= 0.6 is 0 Å². The van der Waals surface area contributed by atoms with Crippen LogP contribution in [-0.4, -0.2) is 28.5 Å². The van der Waals surface area contributed by atoms with Gasteiger partial charge in [0.2, 0.25) is 0 Å². The molecule has 0 bridgehead atoms. The van der Waals surface area contributed by atoms with E-state index in [2.05, 4.69) is 10.4 Å². The van der Waals surface area contributed by atoms with E-state index in [4.69, 9.17) is 4.74 Å². The Bertz CT molecular complexity index is 566. The maximum atomic E-state index is 10.2. The van der Waals surface area contributed by atoms with Crippen molar-refractivity contribution in [3.05, 3.63) is 47.3 Å². The van der Waals surface area contributed by atoms with Crippen molar-refractivity contribution in [3.63, 3.8) is 0 Å². The number of hydrogen-bond acceptors (Lipinski definition) is 4. The molecule has 0 amide bonds. The Kier molecular flexibility index (Phi) is 4.76. The third kappa shape index (κ3) is 3.37. The number of aliphatic hydroxyl groups is 1. The van der Waals surface area contributed by atoms with Crippen molar-refractivity contribution in [2.75, 3.05) is 13.7 Å². The van der Waals surface area contributed by atoms with Gasteiger partial charge in [-0.05, 0) is 24.6 Å². The molecule has 1 unspecified atom stereocenters. The Morgan fingerprint density at radius 1 is 1.45 bits per heavy atom. The Morgan fingerprint density at radius 2 is 2.25 bits per heavy atom. The molecule has 1 aromatic heterocycles. The highest BCUT2D eigenvalue weighted by molar-refractivity contribution is 5.30. The zero-order valence-electron chi connectivity index (χ0n) is 12.1. The fraction of sp³-hybridized carbons (Fsp3) is 0.400. The molecular formula is C15H21N3O2. The van der Waals surface area contributed by atoms with Crippen molar-refractivity contribution < 1.29 is 9.84 Å². The molecule has 0 saturated heterocycles. The molecule has 0 saturated carbocycles. The SMILES string of the molecule is COc1cccc(C(O)CNCc2cnn(C)c2C)c1. The molecule has 2 aromatic rings. The molecule has 0 fully saturated rings. The maximum absolute atomic E-state index is 10.2. The Labute approximate surface area is 119 Å². The van der Waals surface area contributed by atoms with Gasteiger partial charge in [-0.3, -0.25) is 4.68 Å². The van der Waals surface area contributed by atoms with Crippen molar-refractivity contribution in [2.45, 2.75) is 19.6 Å². The first-order valence-electron chi connectivity index (χ1n) is 6.62. The van der Waals surface area contributed by atoms with Gasteiger partial charge in [-0.15, -0.1) is 0 Å². The minimum atomic E-state index is -0.554. The van der Waals surface area contributed by atoms with Gasteiger partial charge in [0.05, 0.1) is 19.4 Å². The van der Waals surface area contributed by atoms with Gasteiger partial charge in [-0.1, -0.05) is 12.1 Å². The van der Waals surface area contributed by atoms with Gasteiger partial charge in [-0.2, -0.15) is 5.10 Å². The number of aryl methyl sites for hydroxylation is 1. The van der Waals surface area contributed by atoms with Crippen LogP contribution in [0.4, 0.5) is 0 Å². The standard InChI is InChI=1S/C15H21N3O2/c1-11-13(9-17-18(11)2)8-16-10-15(19)12-5-4-6-14(7-12)20-3/h4-7,9,15-16,19H,8,10H2,1-3H3. The van der Waals surface area contributed by atoms with Crippen LogP contribution in [0.25, 0.3) is 0 Å². The number of aromatic nitrogens is 2. The first kappa shape index (κ1) is 14.6. The highest BCUT2D eigenvalue weighted by atomic mass is 16.5. The first-order chi connectivity index (χ1) is 9.61. The Morgan fingerprint density at radius 3 is 2.90 bits per heavy atom. The molecular weight excluding hydrogens is 254 g/mol. The number of rotatable bonds is 6. The molecule has 5 heteroatoms. The van der Waals surface area contributed by atoms with E-state index in [1.165, 1.54) is 0 Å². The number of aliphatic hydroxyl groups excluding tert-OH is 1. The second-order valence-electron chi connectivity index (χ2n) is 4.80. The minimum absolute atomic E-state index is 0.488. The van der Waals surface area contributed by atoms with Crippen molar-refractivity contribution >= 4 is 0 Å². The first-order valence-corrected chi connectivity index (χ1v) is 6.62.